The quantitative estimate of drug-likeness (QED) is 0.571. The van der Waals surface area contributed by atoms with E-state index in [0.29, 0.717) is 22.7 Å². The van der Waals surface area contributed by atoms with Crippen molar-refractivity contribution >= 4 is 23.2 Å². The van der Waals surface area contributed by atoms with Gasteiger partial charge in [-0.25, -0.2) is 0 Å². The lowest BCUT2D eigenvalue weighted by Crippen LogP contribution is -2.19. The average molecular weight is 428 g/mol. The summed E-state index contributed by atoms with van der Waals surface area (Å²) in [6.07, 6.45) is -4.57. The number of methoxy groups -OCH3 is 1. The van der Waals surface area contributed by atoms with Crippen LogP contribution in [0.3, 0.4) is 0 Å². The molecule has 0 bridgehead atoms. The zero-order valence-corrected chi connectivity index (χ0v) is 16.5. The Morgan fingerprint density at radius 2 is 1.61 bits per heavy atom. The predicted octanol–water partition coefficient (Wildman–Crippen LogP) is 5.15. The van der Waals surface area contributed by atoms with Crippen molar-refractivity contribution in [1.82, 2.24) is 0 Å². The molecule has 0 aliphatic rings. The number of hydrogen-bond acceptors (Lipinski definition) is 3. The van der Waals surface area contributed by atoms with E-state index in [2.05, 4.69) is 10.6 Å². The molecule has 3 aromatic rings. The molecule has 31 heavy (non-hydrogen) atoms. The van der Waals surface area contributed by atoms with Gasteiger partial charge in [0.15, 0.2) is 0 Å². The summed E-state index contributed by atoms with van der Waals surface area (Å²) >= 11 is 0. The second-order valence-electron chi connectivity index (χ2n) is 6.65. The summed E-state index contributed by atoms with van der Waals surface area (Å²) in [5.41, 5.74) is 0.696. The van der Waals surface area contributed by atoms with Crippen LogP contribution >= 0.6 is 0 Å². The molecule has 3 aromatic carbocycles. The zero-order chi connectivity index (χ0) is 22.4. The summed E-state index contributed by atoms with van der Waals surface area (Å²) in [6, 6.07) is 17.6. The predicted molar refractivity (Wildman–Crippen MR) is 111 cm³/mol. The summed E-state index contributed by atoms with van der Waals surface area (Å²) in [5, 5.41) is 5.39. The van der Waals surface area contributed by atoms with Crippen LogP contribution in [0.5, 0.6) is 5.75 Å². The van der Waals surface area contributed by atoms with E-state index in [4.69, 9.17) is 4.74 Å². The minimum atomic E-state index is -4.43. The Kier molecular flexibility index (Phi) is 6.59. The van der Waals surface area contributed by atoms with Gasteiger partial charge in [0.2, 0.25) is 5.91 Å². The number of nitrogens with one attached hydrogen (secondary N) is 2. The summed E-state index contributed by atoms with van der Waals surface area (Å²) in [4.78, 5) is 25.1. The van der Waals surface area contributed by atoms with E-state index in [1.54, 1.807) is 48.5 Å². The standard InChI is InChI=1S/C23H19F3N2O3/c1-31-18-6-4-5-17(14-18)27-22(30)19-7-2-3-8-20(19)28-21(29)13-15-9-11-16(12-10-15)23(24,25)26/h2-12,14H,13H2,1H3,(H,27,30)(H,28,29). The number of hydrogen-bond donors (Lipinski definition) is 2. The highest BCUT2D eigenvalue weighted by molar-refractivity contribution is 6.10. The molecule has 0 fully saturated rings. The van der Waals surface area contributed by atoms with Gasteiger partial charge in [-0.3, -0.25) is 9.59 Å². The second kappa shape index (κ2) is 9.34. The Morgan fingerprint density at radius 1 is 0.903 bits per heavy atom. The van der Waals surface area contributed by atoms with Crippen LogP contribution in [0.15, 0.2) is 72.8 Å². The number of carbonyl (C=O) groups is 2. The van der Waals surface area contributed by atoms with E-state index in [-0.39, 0.29) is 12.0 Å². The number of rotatable bonds is 6. The van der Waals surface area contributed by atoms with Crippen molar-refractivity contribution in [3.63, 3.8) is 0 Å². The lowest BCUT2D eigenvalue weighted by atomic mass is 10.1. The molecule has 0 heterocycles. The fourth-order valence-corrected chi connectivity index (χ4v) is 2.88. The molecular weight excluding hydrogens is 409 g/mol. The van der Waals surface area contributed by atoms with Gasteiger partial charge in [-0.15, -0.1) is 0 Å². The molecule has 0 unspecified atom stereocenters. The van der Waals surface area contributed by atoms with Crippen molar-refractivity contribution in [2.24, 2.45) is 0 Å². The highest BCUT2D eigenvalue weighted by Crippen LogP contribution is 2.29. The summed E-state index contributed by atoms with van der Waals surface area (Å²) in [5.74, 6) is -0.309. The molecule has 160 valence electrons. The van der Waals surface area contributed by atoms with E-state index in [1.807, 2.05) is 0 Å². The first-order valence-corrected chi connectivity index (χ1v) is 9.26. The van der Waals surface area contributed by atoms with E-state index in [0.717, 1.165) is 12.1 Å². The van der Waals surface area contributed by atoms with Gasteiger partial charge in [-0.1, -0.05) is 30.3 Å². The maximum absolute atomic E-state index is 12.7. The van der Waals surface area contributed by atoms with Crippen LogP contribution in [0, 0.1) is 0 Å². The highest BCUT2D eigenvalue weighted by atomic mass is 19.4. The first-order chi connectivity index (χ1) is 14.8. The van der Waals surface area contributed by atoms with Crippen LogP contribution in [-0.4, -0.2) is 18.9 Å². The van der Waals surface area contributed by atoms with Gasteiger partial charge in [0, 0.05) is 11.8 Å². The van der Waals surface area contributed by atoms with Crippen molar-refractivity contribution in [3.05, 3.63) is 89.5 Å². The average Bonchev–Trinajstić information content (AvgIpc) is 2.74. The summed E-state index contributed by atoms with van der Waals surface area (Å²) in [7, 11) is 1.52. The number of ether oxygens (including phenoxy) is 1. The maximum atomic E-state index is 12.7. The number of para-hydroxylation sites is 1. The van der Waals surface area contributed by atoms with E-state index in [1.165, 1.54) is 19.2 Å². The topological polar surface area (TPSA) is 67.4 Å². The summed E-state index contributed by atoms with van der Waals surface area (Å²) in [6.45, 7) is 0. The third-order valence-corrected chi connectivity index (χ3v) is 4.42. The van der Waals surface area contributed by atoms with E-state index in [9.17, 15) is 22.8 Å². The first-order valence-electron chi connectivity index (χ1n) is 9.26. The maximum Gasteiger partial charge on any atom is 0.416 e. The lowest BCUT2D eigenvalue weighted by Gasteiger charge is -2.12. The van der Waals surface area contributed by atoms with Crippen molar-refractivity contribution in [3.8, 4) is 5.75 Å². The molecule has 2 amide bonds. The van der Waals surface area contributed by atoms with Crippen molar-refractivity contribution < 1.29 is 27.5 Å². The molecule has 0 aromatic heterocycles. The molecule has 2 N–H and O–H groups in total. The Labute approximate surface area is 176 Å². The van der Waals surface area contributed by atoms with E-state index >= 15 is 0 Å². The fraction of sp³-hybridized carbons (Fsp3) is 0.130. The van der Waals surface area contributed by atoms with Crippen LogP contribution in [0.2, 0.25) is 0 Å². The van der Waals surface area contributed by atoms with Crippen LogP contribution in [0.4, 0.5) is 24.5 Å². The van der Waals surface area contributed by atoms with Gasteiger partial charge in [-0.2, -0.15) is 13.2 Å². The van der Waals surface area contributed by atoms with E-state index < -0.39 is 23.6 Å². The minimum Gasteiger partial charge on any atom is -0.497 e. The third kappa shape index (κ3) is 5.85. The van der Waals surface area contributed by atoms with Gasteiger partial charge >= 0.3 is 6.18 Å². The van der Waals surface area contributed by atoms with Crippen LogP contribution in [-0.2, 0) is 17.4 Å². The van der Waals surface area contributed by atoms with Crippen LogP contribution in [0.25, 0.3) is 0 Å². The number of halogens is 3. The van der Waals surface area contributed by atoms with Crippen molar-refractivity contribution in [2.45, 2.75) is 12.6 Å². The Morgan fingerprint density at radius 3 is 2.29 bits per heavy atom. The molecule has 0 aliphatic heterocycles. The molecule has 0 atom stereocenters. The van der Waals surface area contributed by atoms with Crippen LogP contribution in [0.1, 0.15) is 21.5 Å². The van der Waals surface area contributed by atoms with Crippen molar-refractivity contribution in [2.75, 3.05) is 17.7 Å². The molecule has 0 aliphatic carbocycles. The molecule has 3 rings (SSSR count). The number of alkyl halides is 3. The number of benzene rings is 3. The molecule has 5 nitrogen and oxygen atoms in total. The molecule has 0 saturated heterocycles. The monoisotopic (exact) mass is 428 g/mol. The largest absolute Gasteiger partial charge is 0.497 e. The summed E-state index contributed by atoms with van der Waals surface area (Å²) < 4.78 is 43.1. The lowest BCUT2D eigenvalue weighted by molar-refractivity contribution is -0.137. The molecular formula is C23H19F3N2O3. The SMILES string of the molecule is COc1cccc(NC(=O)c2ccccc2NC(=O)Cc2ccc(C(F)(F)F)cc2)c1. The van der Waals surface area contributed by atoms with Gasteiger partial charge in [0.1, 0.15) is 5.75 Å². The number of amides is 2. The van der Waals surface area contributed by atoms with Gasteiger partial charge in [0.05, 0.1) is 30.3 Å². The van der Waals surface area contributed by atoms with Gasteiger partial charge in [0.25, 0.3) is 5.91 Å². The normalized spacial score (nSPS) is 11.0. The molecule has 0 radical (unpaired) electrons. The van der Waals surface area contributed by atoms with Gasteiger partial charge < -0.3 is 15.4 Å². The first kappa shape index (κ1) is 21.9. The Hall–Kier alpha value is -3.81. The highest BCUT2D eigenvalue weighted by Gasteiger charge is 2.30. The van der Waals surface area contributed by atoms with Gasteiger partial charge in [-0.05, 0) is 42.0 Å². The molecule has 0 saturated carbocycles. The Balaban J connectivity index is 1.69. The second-order valence-corrected chi connectivity index (χ2v) is 6.65. The minimum absolute atomic E-state index is 0.135. The third-order valence-electron chi connectivity index (χ3n) is 4.42. The molecule has 0 spiro atoms. The Bertz CT molecular complexity index is 1080. The van der Waals surface area contributed by atoms with Crippen LogP contribution < -0.4 is 15.4 Å². The number of anilines is 2. The smallest absolute Gasteiger partial charge is 0.416 e. The zero-order valence-electron chi connectivity index (χ0n) is 16.5. The number of carbonyl (C=O) groups excluding carboxylic acids is 2. The molecule has 8 heteroatoms. The fourth-order valence-electron chi connectivity index (χ4n) is 2.88. The van der Waals surface area contributed by atoms with Crippen molar-refractivity contribution in [1.29, 1.82) is 0 Å².